The van der Waals surface area contributed by atoms with Crippen LogP contribution in [0.1, 0.15) is 0 Å². The third-order valence-electron chi connectivity index (χ3n) is 20.1. The first-order valence-corrected chi connectivity index (χ1v) is 43.8. The van der Waals surface area contributed by atoms with Crippen molar-refractivity contribution in [3.63, 3.8) is 0 Å². The van der Waals surface area contributed by atoms with Gasteiger partial charge in [-0.2, -0.15) is 0 Å². The molecular formula is C108H152Li4O24. The minimum Gasteiger partial charge on any atom is -0.382 e. The number of rotatable bonds is 36. The second-order valence-electron chi connectivity index (χ2n) is 28.7. The van der Waals surface area contributed by atoms with Gasteiger partial charge in [0, 0.05) is 246 Å². The summed E-state index contributed by atoms with van der Waals surface area (Å²) in [6.45, 7) is 16.6. The molecule has 24 nitrogen and oxygen atoms in total. The van der Waals surface area contributed by atoms with Crippen LogP contribution in [0.25, 0.3) is 109 Å². The zero-order chi connectivity index (χ0) is 96.7. The molecule has 136 heavy (non-hydrogen) atoms. The van der Waals surface area contributed by atoms with Gasteiger partial charge in [0.25, 0.3) is 0 Å². The summed E-state index contributed by atoms with van der Waals surface area (Å²) in [4.78, 5) is 0. The minimum absolute atomic E-state index is 0. The summed E-state index contributed by atoms with van der Waals surface area (Å²) in [7, 11) is 39.6. The molecule has 0 amide bonds. The molecule has 0 unspecified atom stereocenters. The molecule has 4 aliphatic carbocycles. The number of benzene rings is 12. The maximum atomic E-state index is 4.66. The second-order valence-corrected chi connectivity index (χ2v) is 28.7. The molecule has 732 valence electrons. The Morgan fingerprint density at radius 1 is 0.125 bits per heavy atom. The Labute approximate surface area is 857 Å². The minimum atomic E-state index is 0. The molecule has 4 radical (unpaired) electrons. The molecule has 0 saturated heterocycles. The molecule has 16 rings (SSSR count). The summed E-state index contributed by atoms with van der Waals surface area (Å²) in [5, 5.41) is 27.8. The Hall–Kier alpha value is -6.37. The van der Waals surface area contributed by atoms with Crippen LogP contribution in [0.15, 0.2) is 194 Å². The number of methoxy groups -OCH3 is 24. The van der Waals surface area contributed by atoms with E-state index in [9.17, 15) is 0 Å². The van der Waals surface area contributed by atoms with Crippen molar-refractivity contribution in [3.05, 3.63) is 236 Å². The van der Waals surface area contributed by atoms with E-state index in [2.05, 4.69) is 308 Å². The summed E-state index contributed by atoms with van der Waals surface area (Å²) in [5.74, 6) is 0. The summed E-state index contributed by atoms with van der Waals surface area (Å²) >= 11 is 0. The van der Waals surface area contributed by atoms with Crippen molar-refractivity contribution in [1.29, 1.82) is 0 Å². The van der Waals surface area contributed by atoms with Gasteiger partial charge in [-0.1, -0.05) is 194 Å². The molecule has 12 aromatic carbocycles. The van der Waals surface area contributed by atoms with E-state index >= 15 is 0 Å². The van der Waals surface area contributed by atoms with Crippen molar-refractivity contribution >= 4 is 140 Å². The Kier molecular flexibility index (Phi) is 81.6. The largest absolute Gasteiger partial charge is 0.382 e. The molecule has 4 aliphatic rings. The predicted molar refractivity (Wildman–Crippen MR) is 558 cm³/mol. The first-order valence-electron chi connectivity index (χ1n) is 43.8. The van der Waals surface area contributed by atoms with Crippen LogP contribution in [0.2, 0.25) is 0 Å². The van der Waals surface area contributed by atoms with Gasteiger partial charge in [-0.05, 0) is 151 Å². The molecule has 0 fully saturated rings. The van der Waals surface area contributed by atoms with E-state index in [4.69, 9.17) is 0 Å². The summed E-state index contributed by atoms with van der Waals surface area (Å²) in [6, 6.07) is 71.7. The molecular weight excluding hydrogens is 1710 g/mol. The Bertz CT molecular complexity index is 4730. The zero-order valence-electron chi connectivity index (χ0n) is 87.2. The van der Waals surface area contributed by atoms with Gasteiger partial charge in [0.1, 0.15) is 0 Å². The van der Waals surface area contributed by atoms with Crippen LogP contribution in [-0.4, -0.2) is 405 Å². The quantitative estimate of drug-likeness (QED) is 0.0202. The van der Waals surface area contributed by atoms with E-state index in [1.54, 1.807) is 171 Å². The maximum absolute atomic E-state index is 4.66. The van der Waals surface area contributed by atoms with Crippen LogP contribution in [0, 0.1) is 41.7 Å². The smallest absolute Gasteiger partial charge is 0.0696 e. The Morgan fingerprint density at radius 3 is 0.346 bits per heavy atom. The second kappa shape index (κ2) is 84.3. The number of ether oxygens (including phenoxy) is 24. The van der Waals surface area contributed by atoms with Gasteiger partial charge < -0.3 is 114 Å². The molecule has 28 heteroatoms. The molecule has 0 atom stereocenters. The van der Waals surface area contributed by atoms with Crippen molar-refractivity contribution < 1.29 is 114 Å². The summed E-state index contributed by atoms with van der Waals surface area (Å²) in [6.07, 6.45) is 0. The molecule has 0 aliphatic heterocycles. The number of hydrogen-bond acceptors (Lipinski definition) is 24. The van der Waals surface area contributed by atoms with E-state index in [1.807, 2.05) is 0 Å². The van der Waals surface area contributed by atoms with Crippen LogP contribution in [0.5, 0.6) is 0 Å². The molecule has 0 N–H and O–H groups in total. The third-order valence-corrected chi connectivity index (χ3v) is 20.1. The number of hydrogen-bond donors (Lipinski definition) is 0. The van der Waals surface area contributed by atoms with Gasteiger partial charge in [0.05, 0.1) is 159 Å². The fraction of sp³-hybridized carbons (Fsp3) is 0.444. The van der Waals surface area contributed by atoms with Gasteiger partial charge in [0.15, 0.2) is 0 Å². The standard InChI is InChI=1S/2C30H16.12C4H10O2.4Li/c2*1-2-10-18-17(9-1)25-21-13-5-6-14-22(21)27-19-11-3-4-12-20(19)28-24-16-8-7-15-23(24)26(18)29(25)30(27)28;12*1-5-3-4-6-2;;;;/h2*1-16H;12*3-4H2,1-2H3;;;;. The van der Waals surface area contributed by atoms with Gasteiger partial charge in [-0.25, -0.2) is 0 Å². The van der Waals surface area contributed by atoms with E-state index < -0.39 is 0 Å². The maximum Gasteiger partial charge on any atom is 0.0696 e. The van der Waals surface area contributed by atoms with Gasteiger partial charge in [0.2, 0.25) is 0 Å². The molecule has 12 aromatic rings. The molecule has 0 heterocycles. The summed E-state index contributed by atoms with van der Waals surface area (Å²) < 4.78 is 112. The van der Waals surface area contributed by atoms with E-state index in [-0.39, 0.29) is 75.4 Å². The van der Waals surface area contributed by atoms with Crippen molar-refractivity contribution in [2.45, 2.75) is 0 Å². The zero-order valence-corrected chi connectivity index (χ0v) is 87.2. The van der Waals surface area contributed by atoms with Gasteiger partial charge in [-0.15, -0.1) is 0 Å². The topological polar surface area (TPSA) is 222 Å². The molecule has 0 spiro atoms. The van der Waals surface area contributed by atoms with Crippen molar-refractivity contribution in [3.8, 4) is 44.5 Å². The fourth-order valence-electron chi connectivity index (χ4n) is 14.2. The monoisotopic (exact) mass is 1860 g/mol. The van der Waals surface area contributed by atoms with Gasteiger partial charge >= 0.3 is 0 Å². The Balaban J connectivity index is 0. The third kappa shape index (κ3) is 41.7. The van der Waals surface area contributed by atoms with E-state index in [1.165, 1.54) is 151 Å². The molecule has 0 aromatic heterocycles. The SMILES string of the molecule is COCCOC.COCCOC.COCCOC.COCCOC.COCCOC.COCCOC.COCCOC.COCCOC.COCCOC.COCCOC.COCCOC.COCCOC.[Li].[Li].[Li].[Li].c1ccc2c(c1)-c1c3ccccc3c3c4c(c5ccccc5c-2c14)-c1ccccc1-3.c1ccc2c(c1)=c1c3ccccc3c3c4c(c5ccccc5c=2c14)=c1ccccc1=3. The first-order chi connectivity index (χ1) is 64.8. The molecule has 0 saturated carbocycles. The molecule has 0 bridgehead atoms. The normalized spacial score (nSPS) is 10.4. The fourth-order valence-corrected chi connectivity index (χ4v) is 14.2. The summed E-state index contributed by atoms with van der Waals surface area (Å²) in [5.41, 5.74) is 11.1. The average Bonchev–Trinajstić information content (AvgIpc) is 1.51. The van der Waals surface area contributed by atoms with Gasteiger partial charge in [-0.3, -0.25) is 0 Å². The van der Waals surface area contributed by atoms with Crippen LogP contribution in [0.3, 0.4) is 0 Å². The van der Waals surface area contributed by atoms with E-state index in [0.717, 1.165) is 0 Å². The first kappa shape index (κ1) is 132. The van der Waals surface area contributed by atoms with Crippen LogP contribution in [-0.2, 0) is 114 Å². The van der Waals surface area contributed by atoms with E-state index in [0.29, 0.717) is 159 Å². The Morgan fingerprint density at radius 2 is 0.228 bits per heavy atom. The predicted octanol–water partition coefficient (Wildman–Crippen LogP) is 17.2. The van der Waals surface area contributed by atoms with Crippen LogP contribution >= 0.6 is 0 Å². The van der Waals surface area contributed by atoms with Crippen LogP contribution < -0.4 is 0 Å². The van der Waals surface area contributed by atoms with Crippen LogP contribution in [0.4, 0.5) is 0 Å². The van der Waals surface area contributed by atoms with Crippen molar-refractivity contribution in [2.24, 2.45) is 0 Å². The number of fused-ring (bicyclic) bond motifs is 20. The average molecular weight is 1860 g/mol. The van der Waals surface area contributed by atoms with Crippen molar-refractivity contribution in [2.75, 3.05) is 329 Å². The van der Waals surface area contributed by atoms with Crippen molar-refractivity contribution in [1.82, 2.24) is 0 Å².